The number of esters is 1. The Bertz CT molecular complexity index is 1230. The number of hydrogen-bond donors (Lipinski definition) is 1. The SMILES string of the molecule is CCOC(=O)N1CCN(C(=O)C(CCC(=O)OC(C)(C)C)NC(=O)c2cc(SC)c3ccc(Cl)cc3n2)CC1. The van der Waals surface area contributed by atoms with Crippen LogP contribution in [0.1, 0.15) is 51.0 Å². The lowest BCUT2D eigenvalue weighted by Crippen LogP contribution is -2.56. The summed E-state index contributed by atoms with van der Waals surface area (Å²) in [5.41, 5.74) is 0.0239. The van der Waals surface area contributed by atoms with Crippen LogP contribution >= 0.6 is 23.4 Å². The van der Waals surface area contributed by atoms with Crippen LogP contribution in [-0.4, -0.2) is 89.3 Å². The molecule has 1 fully saturated rings. The fourth-order valence-electron chi connectivity index (χ4n) is 4.14. The third kappa shape index (κ3) is 8.47. The molecule has 0 saturated carbocycles. The molecule has 3 rings (SSSR count). The number of nitrogens with one attached hydrogen (secondary N) is 1. The van der Waals surface area contributed by atoms with Gasteiger partial charge in [0.25, 0.3) is 5.91 Å². The van der Waals surface area contributed by atoms with Gasteiger partial charge in [-0.3, -0.25) is 14.4 Å². The lowest BCUT2D eigenvalue weighted by molar-refractivity contribution is -0.155. The van der Waals surface area contributed by atoms with Gasteiger partial charge in [0.2, 0.25) is 5.91 Å². The summed E-state index contributed by atoms with van der Waals surface area (Å²) >= 11 is 7.62. The minimum Gasteiger partial charge on any atom is -0.460 e. The Labute approximate surface area is 237 Å². The van der Waals surface area contributed by atoms with Crippen LogP contribution < -0.4 is 5.32 Å². The highest BCUT2D eigenvalue weighted by atomic mass is 35.5. The maximum atomic E-state index is 13.5. The highest BCUT2D eigenvalue weighted by Crippen LogP contribution is 2.28. The van der Waals surface area contributed by atoms with Crippen LogP contribution in [0.3, 0.4) is 0 Å². The second-order valence-corrected chi connectivity index (χ2v) is 11.3. The van der Waals surface area contributed by atoms with Gasteiger partial charge in [-0.2, -0.15) is 0 Å². The molecule has 1 N–H and O–H groups in total. The van der Waals surface area contributed by atoms with Crippen molar-refractivity contribution in [2.45, 2.75) is 57.1 Å². The fraction of sp³-hybridized carbons (Fsp3) is 0.519. The number of piperazine rings is 1. The Kier molecular flexibility index (Phi) is 10.4. The first kappa shape index (κ1) is 30.5. The largest absolute Gasteiger partial charge is 0.460 e. The molecule has 2 heterocycles. The molecule has 0 bridgehead atoms. The third-order valence-corrected chi connectivity index (χ3v) is 6.98. The van der Waals surface area contributed by atoms with Crippen molar-refractivity contribution in [2.75, 3.05) is 39.0 Å². The molecule has 212 valence electrons. The summed E-state index contributed by atoms with van der Waals surface area (Å²) in [7, 11) is 0. The van der Waals surface area contributed by atoms with Crippen LogP contribution in [0, 0.1) is 0 Å². The quantitative estimate of drug-likeness (QED) is 0.367. The van der Waals surface area contributed by atoms with Crippen LogP contribution in [0.25, 0.3) is 10.9 Å². The highest BCUT2D eigenvalue weighted by molar-refractivity contribution is 7.98. The molecule has 0 spiro atoms. The van der Waals surface area contributed by atoms with Crippen molar-refractivity contribution in [3.8, 4) is 0 Å². The summed E-state index contributed by atoms with van der Waals surface area (Å²) in [5, 5.41) is 4.14. The van der Waals surface area contributed by atoms with Gasteiger partial charge in [0, 0.05) is 47.9 Å². The zero-order valence-corrected chi connectivity index (χ0v) is 24.5. The summed E-state index contributed by atoms with van der Waals surface area (Å²) in [6.07, 6.45) is 1.46. The van der Waals surface area contributed by atoms with Gasteiger partial charge in [0.15, 0.2) is 0 Å². The number of pyridine rings is 1. The van der Waals surface area contributed by atoms with E-state index in [0.29, 0.717) is 23.6 Å². The monoisotopic (exact) mass is 578 g/mol. The molecule has 12 heteroatoms. The molecule has 1 aliphatic rings. The molecule has 3 amide bonds. The van der Waals surface area contributed by atoms with Crippen molar-refractivity contribution in [3.05, 3.63) is 35.0 Å². The van der Waals surface area contributed by atoms with E-state index in [1.165, 1.54) is 16.7 Å². The van der Waals surface area contributed by atoms with Gasteiger partial charge in [-0.1, -0.05) is 17.7 Å². The third-order valence-electron chi connectivity index (χ3n) is 5.96. The topological polar surface area (TPSA) is 118 Å². The summed E-state index contributed by atoms with van der Waals surface area (Å²) in [6.45, 7) is 8.46. The van der Waals surface area contributed by atoms with E-state index in [-0.39, 0.29) is 44.1 Å². The molecular formula is C27H35ClN4O6S. The lowest BCUT2D eigenvalue weighted by atomic mass is 10.1. The van der Waals surface area contributed by atoms with Crippen LogP contribution in [0.4, 0.5) is 4.79 Å². The fourth-order valence-corrected chi connectivity index (χ4v) is 4.93. The Balaban J connectivity index is 1.79. The number of fused-ring (bicyclic) bond motifs is 1. The Hall–Kier alpha value is -3.05. The first-order valence-corrected chi connectivity index (χ1v) is 14.4. The molecule has 1 unspecified atom stereocenters. The number of thioether (sulfide) groups is 1. The number of amides is 3. The molecule has 1 saturated heterocycles. The normalized spacial score (nSPS) is 14.6. The maximum absolute atomic E-state index is 13.5. The number of rotatable bonds is 8. The number of carbonyl (C=O) groups excluding carboxylic acids is 4. The van der Waals surface area contributed by atoms with E-state index in [2.05, 4.69) is 10.3 Å². The number of nitrogens with zero attached hydrogens (tertiary/aromatic N) is 3. The van der Waals surface area contributed by atoms with Crippen molar-refractivity contribution in [3.63, 3.8) is 0 Å². The predicted octanol–water partition coefficient (Wildman–Crippen LogP) is 4.13. The average Bonchev–Trinajstić information content (AvgIpc) is 2.88. The first-order valence-electron chi connectivity index (χ1n) is 12.8. The summed E-state index contributed by atoms with van der Waals surface area (Å²) in [6, 6.07) is 5.97. The van der Waals surface area contributed by atoms with Gasteiger partial charge in [-0.25, -0.2) is 9.78 Å². The second kappa shape index (κ2) is 13.3. The van der Waals surface area contributed by atoms with Crippen LogP contribution in [0.2, 0.25) is 5.02 Å². The van der Waals surface area contributed by atoms with E-state index in [4.69, 9.17) is 21.1 Å². The number of aromatic nitrogens is 1. The van der Waals surface area contributed by atoms with E-state index >= 15 is 0 Å². The maximum Gasteiger partial charge on any atom is 0.409 e. The number of halogens is 1. The molecule has 1 atom stereocenters. The predicted molar refractivity (Wildman–Crippen MR) is 150 cm³/mol. The minimum atomic E-state index is -0.992. The van der Waals surface area contributed by atoms with Gasteiger partial charge < -0.3 is 24.6 Å². The van der Waals surface area contributed by atoms with Crippen molar-refractivity contribution in [1.29, 1.82) is 0 Å². The lowest BCUT2D eigenvalue weighted by Gasteiger charge is -2.36. The first-order chi connectivity index (χ1) is 18.4. The molecule has 1 aromatic carbocycles. The standard InChI is InChI=1S/C27H35ClN4O6S/c1-6-37-26(36)32-13-11-31(12-14-32)25(35)19(9-10-23(33)38-27(2,3)4)30-24(34)21-16-22(39-5)18-8-7-17(28)15-20(18)29-21/h7-8,15-16,19H,6,9-14H2,1-5H3,(H,30,34). The highest BCUT2D eigenvalue weighted by Gasteiger charge is 2.32. The molecule has 2 aromatic rings. The van der Waals surface area contributed by atoms with Gasteiger partial charge in [0.1, 0.15) is 17.3 Å². The second-order valence-electron chi connectivity index (χ2n) is 10.0. The number of hydrogen-bond acceptors (Lipinski definition) is 8. The number of benzene rings is 1. The Morgan fingerprint density at radius 1 is 1.10 bits per heavy atom. The molecule has 39 heavy (non-hydrogen) atoms. The number of carbonyl (C=O) groups is 4. The van der Waals surface area contributed by atoms with Crippen LogP contribution in [0.5, 0.6) is 0 Å². The number of ether oxygens (including phenoxy) is 2. The Morgan fingerprint density at radius 3 is 2.38 bits per heavy atom. The Morgan fingerprint density at radius 2 is 1.77 bits per heavy atom. The summed E-state index contributed by atoms with van der Waals surface area (Å²) in [4.78, 5) is 59.8. The smallest absolute Gasteiger partial charge is 0.409 e. The molecule has 0 aliphatic carbocycles. The van der Waals surface area contributed by atoms with Crippen molar-refractivity contribution < 1.29 is 28.7 Å². The van der Waals surface area contributed by atoms with Gasteiger partial charge in [0.05, 0.1) is 12.1 Å². The molecule has 10 nitrogen and oxygen atoms in total. The van der Waals surface area contributed by atoms with Crippen LogP contribution in [-0.2, 0) is 19.1 Å². The zero-order valence-electron chi connectivity index (χ0n) is 22.9. The summed E-state index contributed by atoms with van der Waals surface area (Å²) < 4.78 is 10.4. The molecular weight excluding hydrogens is 544 g/mol. The van der Waals surface area contributed by atoms with Gasteiger partial charge in [-0.05, 0) is 58.6 Å². The molecule has 1 aliphatic heterocycles. The molecule has 0 radical (unpaired) electrons. The van der Waals surface area contributed by atoms with E-state index in [9.17, 15) is 19.2 Å². The van der Waals surface area contributed by atoms with Crippen molar-refractivity contribution in [2.24, 2.45) is 0 Å². The molecule has 1 aromatic heterocycles. The summed E-state index contributed by atoms with van der Waals surface area (Å²) in [5.74, 6) is -1.35. The van der Waals surface area contributed by atoms with Gasteiger partial charge in [-0.15, -0.1) is 11.8 Å². The van der Waals surface area contributed by atoms with Gasteiger partial charge >= 0.3 is 12.1 Å². The van der Waals surface area contributed by atoms with Crippen LogP contribution in [0.15, 0.2) is 29.2 Å². The van der Waals surface area contributed by atoms with E-state index in [1.807, 2.05) is 12.3 Å². The van der Waals surface area contributed by atoms with E-state index < -0.39 is 29.6 Å². The minimum absolute atomic E-state index is 0.0480. The van der Waals surface area contributed by atoms with Crippen molar-refractivity contribution >= 4 is 58.1 Å². The average molecular weight is 579 g/mol. The zero-order chi connectivity index (χ0) is 28.7. The van der Waals surface area contributed by atoms with E-state index in [0.717, 1.165) is 10.3 Å². The van der Waals surface area contributed by atoms with Crippen molar-refractivity contribution in [1.82, 2.24) is 20.1 Å². The van der Waals surface area contributed by atoms with E-state index in [1.54, 1.807) is 50.8 Å².